The van der Waals surface area contributed by atoms with Crippen molar-refractivity contribution < 1.29 is 0 Å². The molecule has 1 saturated heterocycles. The fraction of sp³-hybridized carbons (Fsp3) is 0.600. The van der Waals surface area contributed by atoms with Crippen molar-refractivity contribution in [3.05, 3.63) is 35.4 Å². The molecule has 1 aliphatic heterocycles. The summed E-state index contributed by atoms with van der Waals surface area (Å²) in [5, 5.41) is 3.74. The molecular weight excluding hydrogens is 208 g/mol. The second kappa shape index (κ2) is 5.65. The molecule has 1 unspecified atom stereocenters. The number of aryl methyl sites for hydroxylation is 1. The lowest BCUT2D eigenvalue weighted by Gasteiger charge is -2.32. The highest BCUT2D eigenvalue weighted by molar-refractivity contribution is 5.23. The summed E-state index contributed by atoms with van der Waals surface area (Å²) in [6, 6.07) is 9.96. The van der Waals surface area contributed by atoms with Crippen molar-refractivity contribution in [3.63, 3.8) is 0 Å². The second-order valence-electron chi connectivity index (χ2n) is 5.40. The number of piperidine rings is 1. The molecule has 1 heterocycles. The zero-order chi connectivity index (χ0) is 12.3. The Morgan fingerprint density at radius 3 is 2.65 bits per heavy atom. The quantitative estimate of drug-likeness (QED) is 0.862. The summed E-state index contributed by atoms with van der Waals surface area (Å²) in [6.45, 7) is 6.82. The first-order valence-corrected chi connectivity index (χ1v) is 6.66. The molecule has 1 aromatic rings. The van der Waals surface area contributed by atoms with Gasteiger partial charge >= 0.3 is 0 Å². The fourth-order valence-corrected chi connectivity index (χ4v) is 2.61. The summed E-state index contributed by atoms with van der Waals surface area (Å²) in [5.41, 5.74) is 2.72. The topological polar surface area (TPSA) is 15.3 Å². The number of likely N-dealkylation sites (N-methyl/N-ethyl adjacent to an activating group) is 1. The van der Waals surface area contributed by atoms with Gasteiger partial charge in [0.05, 0.1) is 0 Å². The molecule has 2 heteroatoms. The van der Waals surface area contributed by atoms with E-state index in [0.29, 0.717) is 12.1 Å². The maximum atomic E-state index is 3.74. The molecule has 1 aromatic carbocycles. The van der Waals surface area contributed by atoms with E-state index in [4.69, 9.17) is 0 Å². The van der Waals surface area contributed by atoms with Crippen LogP contribution < -0.4 is 5.32 Å². The summed E-state index contributed by atoms with van der Waals surface area (Å²) in [5.74, 6) is 0. The Labute approximate surface area is 105 Å². The van der Waals surface area contributed by atoms with Crippen LogP contribution in [0.4, 0.5) is 0 Å². The smallest absolute Gasteiger partial charge is 0.0294 e. The molecule has 0 aliphatic carbocycles. The lowest BCUT2D eigenvalue weighted by molar-refractivity contribution is 0.218. The van der Waals surface area contributed by atoms with E-state index < -0.39 is 0 Å². The normalized spacial score (nSPS) is 23.6. The van der Waals surface area contributed by atoms with Crippen molar-refractivity contribution in [2.45, 2.75) is 38.8 Å². The van der Waals surface area contributed by atoms with Gasteiger partial charge in [0.2, 0.25) is 0 Å². The van der Waals surface area contributed by atoms with Crippen LogP contribution in [0.5, 0.6) is 0 Å². The molecule has 1 N–H and O–H groups in total. The Morgan fingerprint density at radius 1 is 1.29 bits per heavy atom. The zero-order valence-electron chi connectivity index (χ0n) is 11.2. The molecule has 0 amide bonds. The van der Waals surface area contributed by atoms with Crippen LogP contribution in [0.3, 0.4) is 0 Å². The van der Waals surface area contributed by atoms with E-state index in [1.165, 1.54) is 37.1 Å². The lowest BCUT2D eigenvalue weighted by Crippen LogP contribution is -2.44. The molecule has 1 aliphatic rings. The number of likely N-dealkylation sites (tertiary alicyclic amines) is 1. The van der Waals surface area contributed by atoms with E-state index in [1.807, 2.05) is 0 Å². The highest BCUT2D eigenvalue weighted by atomic mass is 15.1. The molecule has 94 valence electrons. The van der Waals surface area contributed by atoms with Crippen LogP contribution in [-0.4, -0.2) is 31.1 Å². The highest BCUT2D eigenvalue weighted by Crippen LogP contribution is 2.16. The fourth-order valence-electron chi connectivity index (χ4n) is 2.61. The summed E-state index contributed by atoms with van der Waals surface area (Å²) >= 11 is 0. The minimum absolute atomic E-state index is 0.451. The van der Waals surface area contributed by atoms with Gasteiger partial charge in [0, 0.05) is 18.6 Å². The first-order chi connectivity index (χ1) is 8.15. The van der Waals surface area contributed by atoms with E-state index in [1.54, 1.807) is 0 Å². The third-order valence-corrected chi connectivity index (χ3v) is 3.69. The average Bonchev–Trinajstić information content (AvgIpc) is 2.29. The molecule has 0 saturated carbocycles. The van der Waals surface area contributed by atoms with Crippen LogP contribution in [-0.2, 0) is 0 Å². The first kappa shape index (κ1) is 12.6. The molecule has 2 atom stereocenters. The molecule has 0 aromatic heterocycles. The van der Waals surface area contributed by atoms with Crippen LogP contribution in [0.1, 0.15) is 36.9 Å². The van der Waals surface area contributed by atoms with Crippen LogP contribution in [0.15, 0.2) is 24.3 Å². The number of benzene rings is 1. The monoisotopic (exact) mass is 232 g/mol. The van der Waals surface area contributed by atoms with Crippen molar-refractivity contribution in [2.24, 2.45) is 0 Å². The minimum Gasteiger partial charge on any atom is -0.306 e. The summed E-state index contributed by atoms with van der Waals surface area (Å²) in [6.07, 6.45) is 2.62. The first-order valence-electron chi connectivity index (χ1n) is 6.66. The minimum atomic E-state index is 0.451. The Balaban J connectivity index is 1.91. The van der Waals surface area contributed by atoms with Crippen LogP contribution in [0.25, 0.3) is 0 Å². The molecule has 2 rings (SSSR count). The molecule has 0 bridgehead atoms. The van der Waals surface area contributed by atoms with E-state index in [0.717, 1.165) is 0 Å². The van der Waals surface area contributed by atoms with Gasteiger partial charge < -0.3 is 10.2 Å². The number of nitrogens with one attached hydrogen (secondary N) is 1. The lowest BCUT2D eigenvalue weighted by atomic mass is 10.0. The highest BCUT2D eigenvalue weighted by Gasteiger charge is 2.18. The Bertz CT molecular complexity index is 344. The summed E-state index contributed by atoms with van der Waals surface area (Å²) in [7, 11) is 2.21. The van der Waals surface area contributed by atoms with E-state index >= 15 is 0 Å². The predicted molar refractivity (Wildman–Crippen MR) is 73.2 cm³/mol. The largest absolute Gasteiger partial charge is 0.306 e. The SMILES string of the molecule is Cc1ccc([C@@H](C)NC2CCCN(C)C2)cc1. The molecular formula is C15H24N2. The Morgan fingerprint density at radius 2 is 2.00 bits per heavy atom. The number of nitrogens with zero attached hydrogens (tertiary/aromatic N) is 1. The third kappa shape index (κ3) is 3.55. The maximum absolute atomic E-state index is 3.74. The van der Waals surface area contributed by atoms with Crippen LogP contribution in [0.2, 0.25) is 0 Å². The van der Waals surface area contributed by atoms with Crippen molar-refractivity contribution in [2.75, 3.05) is 20.1 Å². The van der Waals surface area contributed by atoms with Gasteiger partial charge in [-0.05, 0) is 45.8 Å². The van der Waals surface area contributed by atoms with Crippen LogP contribution in [0, 0.1) is 6.92 Å². The van der Waals surface area contributed by atoms with Crippen molar-refractivity contribution >= 4 is 0 Å². The van der Waals surface area contributed by atoms with E-state index in [9.17, 15) is 0 Å². The maximum Gasteiger partial charge on any atom is 0.0294 e. The van der Waals surface area contributed by atoms with Gasteiger partial charge in [-0.1, -0.05) is 29.8 Å². The molecule has 0 radical (unpaired) electrons. The summed E-state index contributed by atoms with van der Waals surface area (Å²) < 4.78 is 0. The van der Waals surface area contributed by atoms with E-state index in [2.05, 4.69) is 55.4 Å². The van der Waals surface area contributed by atoms with Gasteiger partial charge in [-0.2, -0.15) is 0 Å². The van der Waals surface area contributed by atoms with Gasteiger partial charge in [-0.25, -0.2) is 0 Å². The van der Waals surface area contributed by atoms with Gasteiger partial charge in [0.1, 0.15) is 0 Å². The van der Waals surface area contributed by atoms with Crippen molar-refractivity contribution in [1.82, 2.24) is 10.2 Å². The van der Waals surface area contributed by atoms with Gasteiger partial charge in [-0.3, -0.25) is 0 Å². The predicted octanol–water partition coefficient (Wildman–Crippen LogP) is 2.74. The van der Waals surface area contributed by atoms with Crippen molar-refractivity contribution in [1.29, 1.82) is 0 Å². The van der Waals surface area contributed by atoms with E-state index in [-0.39, 0.29) is 0 Å². The van der Waals surface area contributed by atoms with Crippen LogP contribution >= 0.6 is 0 Å². The number of rotatable bonds is 3. The van der Waals surface area contributed by atoms with Gasteiger partial charge in [-0.15, -0.1) is 0 Å². The Kier molecular flexibility index (Phi) is 4.19. The standard InChI is InChI=1S/C15H24N2/c1-12-6-8-14(9-7-12)13(2)16-15-5-4-10-17(3)11-15/h6-9,13,15-16H,4-5,10-11H2,1-3H3/t13-,15?/m1/s1. The molecule has 0 spiro atoms. The molecule has 17 heavy (non-hydrogen) atoms. The zero-order valence-corrected chi connectivity index (χ0v) is 11.2. The summed E-state index contributed by atoms with van der Waals surface area (Å²) in [4.78, 5) is 2.42. The van der Waals surface area contributed by atoms with Crippen molar-refractivity contribution in [3.8, 4) is 0 Å². The second-order valence-corrected chi connectivity index (χ2v) is 5.40. The number of hydrogen-bond donors (Lipinski definition) is 1. The molecule has 1 fully saturated rings. The van der Waals surface area contributed by atoms with Gasteiger partial charge in [0.25, 0.3) is 0 Å². The number of hydrogen-bond acceptors (Lipinski definition) is 2. The van der Waals surface area contributed by atoms with Gasteiger partial charge in [0.15, 0.2) is 0 Å². The molecule has 2 nitrogen and oxygen atoms in total. The Hall–Kier alpha value is -0.860. The third-order valence-electron chi connectivity index (χ3n) is 3.69. The average molecular weight is 232 g/mol.